The molecule has 0 spiro atoms. The fraction of sp³-hybridized carbons (Fsp3) is 0.231. The predicted octanol–water partition coefficient (Wildman–Crippen LogP) is 4.35. The average molecular weight is 446 g/mol. The van der Waals surface area contributed by atoms with Gasteiger partial charge in [0.2, 0.25) is 5.91 Å². The molecular formula is C26H27N3O4. The Morgan fingerprint density at radius 1 is 0.879 bits per heavy atom. The van der Waals surface area contributed by atoms with Gasteiger partial charge in [0.25, 0.3) is 5.91 Å². The number of nitrogens with zero attached hydrogens (tertiary/aromatic N) is 1. The number of hydrogen-bond acceptors (Lipinski definition) is 5. The summed E-state index contributed by atoms with van der Waals surface area (Å²) in [6.07, 6.45) is 1.85. The van der Waals surface area contributed by atoms with Crippen molar-refractivity contribution in [2.45, 2.75) is 12.8 Å². The molecule has 1 aliphatic rings. The molecule has 0 unspecified atom stereocenters. The topological polar surface area (TPSA) is 79.9 Å². The van der Waals surface area contributed by atoms with Crippen LogP contribution in [0, 0.1) is 0 Å². The van der Waals surface area contributed by atoms with E-state index in [1.807, 2.05) is 23.1 Å². The lowest BCUT2D eigenvalue weighted by atomic mass is 10.0. The van der Waals surface area contributed by atoms with Crippen LogP contribution in [-0.4, -0.2) is 39.1 Å². The van der Waals surface area contributed by atoms with E-state index < -0.39 is 0 Å². The van der Waals surface area contributed by atoms with Crippen molar-refractivity contribution < 1.29 is 19.1 Å². The lowest BCUT2D eigenvalue weighted by Crippen LogP contribution is -2.39. The van der Waals surface area contributed by atoms with E-state index in [-0.39, 0.29) is 18.4 Å². The van der Waals surface area contributed by atoms with Crippen LogP contribution in [0.5, 0.6) is 11.5 Å². The van der Waals surface area contributed by atoms with Gasteiger partial charge in [0.1, 0.15) is 11.5 Å². The van der Waals surface area contributed by atoms with Crippen LogP contribution in [0.4, 0.5) is 17.1 Å². The molecule has 4 rings (SSSR count). The monoisotopic (exact) mass is 445 g/mol. The van der Waals surface area contributed by atoms with Crippen LogP contribution in [0.3, 0.4) is 0 Å². The molecule has 0 bridgehead atoms. The molecule has 2 amide bonds. The third-order valence-electron chi connectivity index (χ3n) is 5.65. The highest BCUT2D eigenvalue weighted by Crippen LogP contribution is 2.30. The lowest BCUT2D eigenvalue weighted by Gasteiger charge is -2.30. The highest BCUT2D eigenvalue weighted by Gasteiger charge is 2.22. The quantitative estimate of drug-likeness (QED) is 0.565. The average Bonchev–Trinajstić information content (AvgIpc) is 2.87. The first kappa shape index (κ1) is 22.2. The maximum atomic E-state index is 12.9. The summed E-state index contributed by atoms with van der Waals surface area (Å²) >= 11 is 0. The van der Waals surface area contributed by atoms with Gasteiger partial charge < -0.3 is 25.0 Å². The Labute approximate surface area is 193 Å². The molecule has 0 fully saturated rings. The van der Waals surface area contributed by atoms with Gasteiger partial charge in [-0.2, -0.15) is 0 Å². The molecule has 170 valence electrons. The maximum absolute atomic E-state index is 12.9. The van der Waals surface area contributed by atoms with Crippen LogP contribution in [-0.2, 0) is 11.2 Å². The lowest BCUT2D eigenvalue weighted by molar-refractivity contribution is -0.117. The number of anilines is 3. The van der Waals surface area contributed by atoms with E-state index in [9.17, 15) is 9.59 Å². The van der Waals surface area contributed by atoms with Crippen molar-refractivity contribution >= 4 is 28.9 Å². The third-order valence-corrected chi connectivity index (χ3v) is 5.65. The molecule has 33 heavy (non-hydrogen) atoms. The van der Waals surface area contributed by atoms with E-state index in [4.69, 9.17) is 9.47 Å². The molecule has 0 saturated heterocycles. The van der Waals surface area contributed by atoms with Gasteiger partial charge in [-0.15, -0.1) is 0 Å². The number of aryl methyl sites for hydroxylation is 1. The fourth-order valence-electron chi connectivity index (χ4n) is 3.85. The molecule has 0 aromatic heterocycles. The van der Waals surface area contributed by atoms with Gasteiger partial charge in [-0.1, -0.05) is 0 Å². The van der Waals surface area contributed by atoms with Crippen molar-refractivity contribution in [3.63, 3.8) is 0 Å². The van der Waals surface area contributed by atoms with E-state index in [2.05, 4.69) is 10.6 Å². The summed E-state index contributed by atoms with van der Waals surface area (Å²) in [5.41, 5.74) is 4.06. The number of benzene rings is 3. The number of nitrogens with one attached hydrogen (secondary N) is 2. The molecule has 7 heteroatoms. The number of carbonyl (C=O) groups excluding carboxylic acids is 2. The smallest absolute Gasteiger partial charge is 0.255 e. The number of methoxy groups -OCH3 is 2. The van der Waals surface area contributed by atoms with Crippen molar-refractivity contribution in [3.05, 3.63) is 77.9 Å². The van der Waals surface area contributed by atoms with Crippen molar-refractivity contribution in [1.82, 2.24) is 0 Å². The number of carbonyl (C=O) groups is 2. The minimum absolute atomic E-state index is 0.00226. The Kier molecular flexibility index (Phi) is 6.78. The Morgan fingerprint density at radius 3 is 2.24 bits per heavy atom. The molecule has 1 heterocycles. The van der Waals surface area contributed by atoms with Gasteiger partial charge in [0, 0.05) is 29.2 Å². The summed E-state index contributed by atoms with van der Waals surface area (Å²) in [5.74, 6) is 1.33. The first-order valence-corrected chi connectivity index (χ1v) is 10.8. The normalized spacial score (nSPS) is 12.5. The van der Waals surface area contributed by atoms with Crippen LogP contribution in [0.25, 0.3) is 0 Å². The van der Waals surface area contributed by atoms with Crippen molar-refractivity contribution in [2.24, 2.45) is 0 Å². The van der Waals surface area contributed by atoms with Gasteiger partial charge in [0.15, 0.2) is 0 Å². The zero-order valence-corrected chi connectivity index (χ0v) is 18.8. The van der Waals surface area contributed by atoms with Gasteiger partial charge in [0.05, 0.1) is 20.8 Å². The second-order valence-electron chi connectivity index (χ2n) is 7.76. The fourth-order valence-corrected chi connectivity index (χ4v) is 3.85. The van der Waals surface area contributed by atoms with Gasteiger partial charge >= 0.3 is 0 Å². The third kappa shape index (κ3) is 5.26. The summed E-state index contributed by atoms with van der Waals surface area (Å²) < 4.78 is 10.4. The SMILES string of the molecule is COc1ccc(NC(=O)c2ccc(NCC(=O)N3CCCc4cc(OC)ccc43)cc2)cc1. The second-order valence-corrected chi connectivity index (χ2v) is 7.76. The zero-order valence-electron chi connectivity index (χ0n) is 18.8. The van der Waals surface area contributed by atoms with Crippen LogP contribution in [0.1, 0.15) is 22.3 Å². The molecule has 2 N–H and O–H groups in total. The molecule has 3 aromatic rings. The largest absolute Gasteiger partial charge is 0.497 e. The Hall–Kier alpha value is -4.00. The number of ether oxygens (including phenoxy) is 2. The molecule has 0 saturated carbocycles. The van der Waals surface area contributed by atoms with Crippen molar-refractivity contribution in [2.75, 3.05) is 42.8 Å². The summed E-state index contributed by atoms with van der Waals surface area (Å²) in [6.45, 7) is 0.868. The van der Waals surface area contributed by atoms with E-state index in [0.29, 0.717) is 17.8 Å². The summed E-state index contributed by atoms with van der Waals surface area (Å²) in [4.78, 5) is 27.2. The zero-order chi connectivity index (χ0) is 23.2. The molecule has 0 aliphatic carbocycles. The standard InChI is InChI=1S/C26H27N3O4/c1-32-22-11-9-21(10-12-22)28-26(31)18-5-7-20(8-6-18)27-17-25(30)29-15-3-4-19-16-23(33-2)13-14-24(19)29/h5-14,16,27H,3-4,15,17H2,1-2H3,(H,28,31). The Bertz CT molecular complexity index is 1130. The molecule has 1 aliphatic heterocycles. The van der Waals surface area contributed by atoms with Crippen LogP contribution < -0.4 is 25.0 Å². The van der Waals surface area contributed by atoms with Crippen molar-refractivity contribution in [1.29, 1.82) is 0 Å². The summed E-state index contributed by atoms with van der Waals surface area (Å²) in [5, 5.41) is 6.02. The second kappa shape index (κ2) is 10.1. The number of fused-ring (bicyclic) bond motifs is 1. The molecular weight excluding hydrogens is 418 g/mol. The van der Waals surface area contributed by atoms with E-state index in [0.717, 1.165) is 41.3 Å². The van der Waals surface area contributed by atoms with E-state index >= 15 is 0 Å². The molecule has 7 nitrogen and oxygen atoms in total. The summed E-state index contributed by atoms with van der Waals surface area (Å²) in [6, 6.07) is 20.0. The highest BCUT2D eigenvalue weighted by atomic mass is 16.5. The minimum atomic E-state index is -0.205. The van der Waals surface area contributed by atoms with Crippen LogP contribution in [0.15, 0.2) is 66.7 Å². The first-order chi connectivity index (χ1) is 16.1. The van der Waals surface area contributed by atoms with Crippen molar-refractivity contribution in [3.8, 4) is 11.5 Å². The van der Waals surface area contributed by atoms with Crippen LogP contribution in [0.2, 0.25) is 0 Å². The molecule has 0 radical (unpaired) electrons. The summed E-state index contributed by atoms with van der Waals surface area (Å²) in [7, 11) is 3.24. The number of hydrogen-bond donors (Lipinski definition) is 2. The predicted molar refractivity (Wildman–Crippen MR) is 130 cm³/mol. The number of rotatable bonds is 7. The van der Waals surface area contributed by atoms with E-state index in [1.54, 1.807) is 62.8 Å². The minimum Gasteiger partial charge on any atom is -0.497 e. The highest BCUT2D eigenvalue weighted by molar-refractivity contribution is 6.04. The Balaban J connectivity index is 1.34. The molecule has 3 aromatic carbocycles. The van der Waals surface area contributed by atoms with Gasteiger partial charge in [-0.3, -0.25) is 9.59 Å². The van der Waals surface area contributed by atoms with Crippen LogP contribution >= 0.6 is 0 Å². The first-order valence-electron chi connectivity index (χ1n) is 10.8. The van der Waals surface area contributed by atoms with E-state index in [1.165, 1.54) is 0 Å². The number of amides is 2. The maximum Gasteiger partial charge on any atom is 0.255 e. The Morgan fingerprint density at radius 2 is 1.55 bits per heavy atom. The van der Waals surface area contributed by atoms with Gasteiger partial charge in [-0.05, 0) is 85.1 Å². The van der Waals surface area contributed by atoms with Gasteiger partial charge in [-0.25, -0.2) is 0 Å². The molecule has 0 atom stereocenters.